The van der Waals surface area contributed by atoms with Gasteiger partial charge in [-0.05, 0) is 31.4 Å². The minimum absolute atomic E-state index is 0.115. The number of aryl methyl sites for hydroxylation is 1. The largest absolute Gasteiger partial charge is 0.335 e. The Morgan fingerprint density at radius 2 is 2.21 bits per heavy atom. The van der Waals surface area contributed by atoms with Gasteiger partial charge in [0.25, 0.3) is 11.6 Å². The summed E-state index contributed by atoms with van der Waals surface area (Å²) < 4.78 is 0. The molecule has 0 N–H and O–H groups in total. The summed E-state index contributed by atoms with van der Waals surface area (Å²) in [6, 6.07) is 4.90. The molecule has 6 heteroatoms. The van der Waals surface area contributed by atoms with Crippen LogP contribution in [0.25, 0.3) is 0 Å². The molecule has 5 nitrogen and oxygen atoms in total. The van der Waals surface area contributed by atoms with Crippen LogP contribution in [0.4, 0.5) is 5.69 Å². The summed E-state index contributed by atoms with van der Waals surface area (Å²) in [5, 5.41) is 11.7. The third-order valence-corrected chi connectivity index (χ3v) is 3.51. The van der Waals surface area contributed by atoms with Crippen LogP contribution in [0.1, 0.15) is 28.8 Å². The first-order valence-corrected chi connectivity index (χ1v) is 7.28. The number of nitro benzene ring substituents is 1. The van der Waals surface area contributed by atoms with Crippen LogP contribution in [0.3, 0.4) is 0 Å². The van der Waals surface area contributed by atoms with Crippen LogP contribution in [-0.2, 0) is 0 Å². The van der Waals surface area contributed by atoms with E-state index in [1.54, 1.807) is 17.0 Å². The van der Waals surface area contributed by atoms with Gasteiger partial charge in [0.2, 0.25) is 0 Å². The lowest BCUT2D eigenvalue weighted by Gasteiger charge is -2.21. The Kier molecular flexibility index (Phi) is 4.19. The Balaban J connectivity index is 2.35. The minimum Gasteiger partial charge on any atom is -0.335 e. The zero-order chi connectivity index (χ0) is 14.0. The quantitative estimate of drug-likeness (QED) is 0.474. The Morgan fingerprint density at radius 3 is 2.74 bits per heavy atom. The molecule has 1 fully saturated rings. The van der Waals surface area contributed by atoms with Crippen molar-refractivity contribution in [2.75, 3.05) is 11.9 Å². The van der Waals surface area contributed by atoms with Gasteiger partial charge >= 0.3 is 0 Å². The van der Waals surface area contributed by atoms with E-state index in [2.05, 4.69) is 15.9 Å². The molecule has 19 heavy (non-hydrogen) atoms. The van der Waals surface area contributed by atoms with Gasteiger partial charge in [-0.15, -0.1) is 0 Å². The third kappa shape index (κ3) is 3.12. The summed E-state index contributed by atoms with van der Waals surface area (Å²) in [4.78, 5) is 24.8. The SMILES string of the molecule is Cc1ccc([N+](=O)[O-])c(C(=O)N(CCBr)C2CC2)c1. The molecule has 2 rings (SSSR count). The Labute approximate surface area is 119 Å². The topological polar surface area (TPSA) is 63.5 Å². The van der Waals surface area contributed by atoms with Crippen molar-refractivity contribution in [3.63, 3.8) is 0 Å². The lowest BCUT2D eigenvalue weighted by Crippen LogP contribution is -2.35. The molecule has 0 unspecified atom stereocenters. The molecule has 1 aromatic rings. The summed E-state index contributed by atoms with van der Waals surface area (Å²) in [5.41, 5.74) is 0.928. The standard InChI is InChI=1S/C13H15BrN2O3/c1-9-2-5-12(16(18)19)11(8-9)13(17)15(7-6-14)10-3-4-10/h2,5,8,10H,3-4,6-7H2,1H3. The number of alkyl halides is 1. The second-order valence-electron chi connectivity index (χ2n) is 4.70. The highest BCUT2D eigenvalue weighted by Crippen LogP contribution is 2.30. The maximum Gasteiger partial charge on any atom is 0.282 e. The molecule has 1 aromatic carbocycles. The van der Waals surface area contributed by atoms with Gasteiger partial charge < -0.3 is 4.90 Å². The van der Waals surface area contributed by atoms with Gasteiger partial charge in [0.15, 0.2) is 0 Å². The fourth-order valence-corrected chi connectivity index (χ4v) is 2.44. The normalized spacial score (nSPS) is 14.2. The Morgan fingerprint density at radius 1 is 1.53 bits per heavy atom. The fraction of sp³-hybridized carbons (Fsp3) is 0.462. The number of rotatable bonds is 5. The summed E-state index contributed by atoms with van der Waals surface area (Å²) in [7, 11) is 0. The first-order valence-electron chi connectivity index (χ1n) is 6.16. The highest BCUT2D eigenvalue weighted by molar-refractivity contribution is 9.09. The summed E-state index contributed by atoms with van der Waals surface area (Å²) in [5.74, 6) is -0.239. The van der Waals surface area contributed by atoms with Gasteiger partial charge in [0, 0.05) is 24.0 Å². The monoisotopic (exact) mass is 326 g/mol. The van der Waals surface area contributed by atoms with E-state index in [9.17, 15) is 14.9 Å². The number of carbonyl (C=O) groups excluding carboxylic acids is 1. The van der Waals surface area contributed by atoms with Crippen molar-refractivity contribution in [3.05, 3.63) is 39.4 Å². The first kappa shape index (κ1) is 14.0. The van der Waals surface area contributed by atoms with Gasteiger partial charge in [0.1, 0.15) is 5.56 Å². The number of hydrogen-bond donors (Lipinski definition) is 0. The Bertz CT molecular complexity index is 515. The first-order chi connectivity index (χ1) is 9.04. The number of nitrogens with zero attached hydrogens (tertiary/aromatic N) is 2. The van der Waals surface area contributed by atoms with Gasteiger partial charge in [-0.2, -0.15) is 0 Å². The van der Waals surface area contributed by atoms with E-state index < -0.39 is 4.92 Å². The zero-order valence-corrected chi connectivity index (χ0v) is 12.2. The van der Waals surface area contributed by atoms with Crippen molar-refractivity contribution in [3.8, 4) is 0 Å². The number of carbonyl (C=O) groups is 1. The van der Waals surface area contributed by atoms with Crippen molar-refractivity contribution in [2.24, 2.45) is 0 Å². The van der Waals surface area contributed by atoms with Crippen molar-refractivity contribution >= 4 is 27.5 Å². The predicted octanol–water partition coefficient (Wildman–Crippen LogP) is 2.90. The van der Waals surface area contributed by atoms with Crippen molar-refractivity contribution in [2.45, 2.75) is 25.8 Å². The molecule has 0 bridgehead atoms. The van der Waals surface area contributed by atoms with Crippen LogP contribution < -0.4 is 0 Å². The summed E-state index contributed by atoms with van der Waals surface area (Å²) >= 11 is 3.32. The molecule has 0 spiro atoms. The maximum atomic E-state index is 12.5. The van der Waals surface area contributed by atoms with Crippen molar-refractivity contribution < 1.29 is 9.72 Å². The molecule has 1 amide bonds. The number of halogens is 1. The highest BCUT2D eigenvalue weighted by atomic mass is 79.9. The molecule has 0 atom stereocenters. The van der Waals surface area contributed by atoms with Crippen LogP contribution in [0.15, 0.2) is 18.2 Å². The molecule has 102 valence electrons. The summed E-state index contributed by atoms with van der Waals surface area (Å²) in [6.07, 6.45) is 1.97. The lowest BCUT2D eigenvalue weighted by molar-refractivity contribution is -0.385. The molecule has 1 aliphatic carbocycles. The molecule has 0 aromatic heterocycles. The molecule has 0 aliphatic heterocycles. The molecular weight excluding hydrogens is 312 g/mol. The van der Waals surface area contributed by atoms with E-state index in [1.807, 2.05) is 6.92 Å². The average molecular weight is 327 g/mol. The van der Waals surface area contributed by atoms with Gasteiger partial charge in [-0.25, -0.2) is 0 Å². The summed E-state index contributed by atoms with van der Waals surface area (Å²) in [6.45, 7) is 2.40. The van der Waals surface area contributed by atoms with Gasteiger partial charge in [0.05, 0.1) is 4.92 Å². The number of nitro groups is 1. The molecular formula is C13H15BrN2O3. The molecule has 1 saturated carbocycles. The number of benzene rings is 1. The highest BCUT2D eigenvalue weighted by Gasteiger charge is 2.35. The predicted molar refractivity (Wildman–Crippen MR) is 75.7 cm³/mol. The van der Waals surface area contributed by atoms with Crippen molar-refractivity contribution in [1.82, 2.24) is 4.90 Å². The fourth-order valence-electron chi connectivity index (χ4n) is 2.06. The van der Waals surface area contributed by atoms with Crippen molar-refractivity contribution in [1.29, 1.82) is 0 Å². The van der Waals surface area contributed by atoms with E-state index in [-0.39, 0.29) is 23.2 Å². The van der Waals surface area contributed by atoms with Crippen LogP contribution in [-0.4, -0.2) is 33.6 Å². The maximum absolute atomic E-state index is 12.5. The van der Waals surface area contributed by atoms with Crippen LogP contribution in [0.5, 0.6) is 0 Å². The van der Waals surface area contributed by atoms with Crippen LogP contribution in [0, 0.1) is 17.0 Å². The minimum atomic E-state index is -0.494. The van der Waals surface area contributed by atoms with E-state index in [0.29, 0.717) is 11.9 Å². The zero-order valence-electron chi connectivity index (χ0n) is 10.6. The molecule has 0 heterocycles. The lowest BCUT2D eigenvalue weighted by atomic mass is 10.1. The molecule has 1 aliphatic rings. The second kappa shape index (κ2) is 5.69. The average Bonchev–Trinajstić information content (AvgIpc) is 3.19. The Hall–Kier alpha value is -1.43. The molecule has 0 saturated heterocycles. The van der Waals surface area contributed by atoms with Crippen LogP contribution >= 0.6 is 15.9 Å². The second-order valence-corrected chi connectivity index (χ2v) is 5.49. The third-order valence-electron chi connectivity index (χ3n) is 3.15. The van der Waals surface area contributed by atoms with E-state index >= 15 is 0 Å². The van der Waals surface area contributed by atoms with E-state index in [4.69, 9.17) is 0 Å². The number of amides is 1. The molecule has 0 radical (unpaired) electrons. The number of hydrogen-bond acceptors (Lipinski definition) is 3. The van der Waals surface area contributed by atoms with Gasteiger partial charge in [-0.1, -0.05) is 22.0 Å². The van der Waals surface area contributed by atoms with Gasteiger partial charge in [-0.3, -0.25) is 14.9 Å². The van der Waals surface area contributed by atoms with E-state index in [1.165, 1.54) is 6.07 Å². The van der Waals surface area contributed by atoms with E-state index in [0.717, 1.165) is 18.4 Å². The smallest absolute Gasteiger partial charge is 0.282 e. The van der Waals surface area contributed by atoms with Crippen LogP contribution in [0.2, 0.25) is 0 Å².